The Balaban J connectivity index is 0.00000121. The van der Waals surface area contributed by atoms with Gasteiger partial charge in [0, 0.05) is 11.8 Å². The molecule has 0 saturated carbocycles. The number of benzene rings is 1. The fraction of sp³-hybridized carbons (Fsp3) is 0.250. The second-order valence-corrected chi connectivity index (χ2v) is 5.94. The molecular weight excluding hydrogens is 323 g/mol. The van der Waals surface area contributed by atoms with Gasteiger partial charge >= 0.3 is 0 Å². The van der Waals surface area contributed by atoms with Crippen LogP contribution in [0.15, 0.2) is 40.1 Å². The Labute approximate surface area is 139 Å². The van der Waals surface area contributed by atoms with Gasteiger partial charge < -0.3 is 0 Å². The topological polar surface area (TPSA) is 59.9 Å². The van der Waals surface area contributed by atoms with Crippen LogP contribution in [0.3, 0.4) is 0 Å². The van der Waals surface area contributed by atoms with Crippen LogP contribution >= 0.6 is 24.8 Å². The average Bonchev–Trinajstić information content (AvgIpc) is 2.91. The second kappa shape index (κ2) is 6.15. The van der Waals surface area contributed by atoms with Crippen molar-refractivity contribution in [3.63, 3.8) is 0 Å². The fourth-order valence-electron chi connectivity index (χ4n) is 2.31. The molecule has 1 aromatic carbocycles. The molecule has 0 fully saturated rings. The van der Waals surface area contributed by atoms with Gasteiger partial charge in [-0.1, -0.05) is 45.0 Å². The van der Waals surface area contributed by atoms with Crippen molar-refractivity contribution in [1.29, 1.82) is 0 Å². The minimum atomic E-state index is -0.385. The molecule has 0 bridgehead atoms. The highest BCUT2D eigenvalue weighted by atomic mass is 35.5. The van der Waals surface area contributed by atoms with E-state index in [9.17, 15) is 9.59 Å². The lowest BCUT2D eigenvalue weighted by molar-refractivity contribution is 0.590. The molecule has 2 heterocycles. The van der Waals surface area contributed by atoms with Gasteiger partial charge in [0.2, 0.25) is 0 Å². The number of halogens is 2. The van der Waals surface area contributed by atoms with Crippen molar-refractivity contribution in [2.75, 3.05) is 0 Å². The minimum Gasteiger partial charge on any atom is -0.267 e. The Morgan fingerprint density at radius 1 is 0.909 bits per heavy atom. The molecule has 2 aliphatic rings. The van der Waals surface area contributed by atoms with Gasteiger partial charge in [-0.05, 0) is 11.0 Å². The molecule has 4 nitrogen and oxygen atoms in total. The lowest BCUT2D eigenvalue weighted by Gasteiger charge is -2.18. The van der Waals surface area contributed by atoms with Crippen molar-refractivity contribution in [2.45, 2.75) is 26.2 Å². The first-order valence-corrected chi connectivity index (χ1v) is 6.45. The first-order valence-electron chi connectivity index (χ1n) is 6.45. The summed E-state index contributed by atoms with van der Waals surface area (Å²) in [5.74, 6) is 0. The molecule has 0 aromatic heterocycles. The van der Waals surface area contributed by atoms with E-state index < -0.39 is 0 Å². The lowest BCUT2D eigenvalue weighted by Crippen LogP contribution is -2.10. The predicted octanol–water partition coefficient (Wildman–Crippen LogP) is 2.61. The summed E-state index contributed by atoms with van der Waals surface area (Å²) >= 11 is 0. The number of hydrogen-bond acceptors (Lipinski definition) is 4. The second-order valence-electron chi connectivity index (χ2n) is 5.94. The van der Waals surface area contributed by atoms with E-state index >= 15 is 0 Å². The molecule has 3 rings (SSSR count). The van der Waals surface area contributed by atoms with Crippen LogP contribution in [-0.2, 0) is 5.41 Å². The van der Waals surface area contributed by atoms with Gasteiger partial charge in [0.1, 0.15) is 0 Å². The summed E-state index contributed by atoms with van der Waals surface area (Å²) in [5.41, 5.74) is 1.69. The summed E-state index contributed by atoms with van der Waals surface area (Å²) < 4.78 is 0. The van der Waals surface area contributed by atoms with E-state index in [1.165, 1.54) is 11.8 Å². The largest absolute Gasteiger partial charge is 0.280 e. The normalized spacial score (nSPS) is 11.0. The fourth-order valence-corrected chi connectivity index (χ4v) is 2.31. The van der Waals surface area contributed by atoms with Gasteiger partial charge in [0.25, 0.3) is 11.1 Å². The lowest BCUT2D eigenvalue weighted by atomic mass is 9.86. The van der Waals surface area contributed by atoms with Gasteiger partial charge in [0.15, 0.2) is 0 Å². The van der Waals surface area contributed by atoms with Gasteiger partial charge in [-0.2, -0.15) is 0 Å². The number of nitrogens with zero attached hydrogens (tertiary/aromatic N) is 2. The van der Waals surface area contributed by atoms with E-state index in [4.69, 9.17) is 0 Å². The number of hydrogen-bond donors (Lipinski definition) is 0. The third-order valence-electron chi connectivity index (χ3n) is 3.50. The van der Waals surface area contributed by atoms with Crippen molar-refractivity contribution >= 4 is 24.8 Å². The van der Waals surface area contributed by atoms with E-state index in [0.29, 0.717) is 16.1 Å². The summed E-state index contributed by atoms with van der Waals surface area (Å²) in [4.78, 5) is 31.1. The molecular formula is C16H16Cl2N2O2. The first kappa shape index (κ1) is 18.3. The Morgan fingerprint density at radius 2 is 1.50 bits per heavy atom. The first-order chi connectivity index (χ1) is 9.38. The summed E-state index contributed by atoms with van der Waals surface area (Å²) in [6.45, 7) is 6.40. The SMILES string of the molecule is CC(C)(C)c1ccc(-c2nc(=O)c3cnc(=O)c2=3)cc1.Cl.Cl. The third-order valence-corrected chi connectivity index (χ3v) is 3.50. The molecule has 0 atom stereocenters. The highest BCUT2D eigenvalue weighted by Gasteiger charge is 2.16. The van der Waals surface area contributed by atoms with Gasteiger partial charge in [-0.15, -0.1) is 24.8 Å². The van der Waals surface area contributed by atoms with E-state index in [-0.39, 0.29) is 41.3 Å². The van der Waals surface area contributed by atoms with Crippen LogP contribution in [0.1, 0.15) is 26.3 Å². The highest BCUT2D eigenvalue weighted by Crippen LogP contribution is 2.25. The molecule has 0 saturated heterocycles. The Hall–Kier alpha value is -1.78. The molecule has 116 valence electrons. The van der Waals surface area contributed by atoms with E-state index in [2.05, 4.69) is 30.7 Å². The molecule has 0 unspecified atom stereocenters. The quantitative estimate of drug-likeness (QED) is 0.684. The van der Waals surface area contributed by atoms with Crippen LogP contribution in [0.4, 0.5) is 0 Å². The van der Waals surface area contributed by atoms with Crippen LogP contribution in [0.2, 0.25) is 0 Å². The van der Waals surface area contributed by atoms with Crippen LogP contribution in [0.25, 0.3) is 11.3 Å². The summed E-state index contributed by atoms with van der Waals surface area (Å²) in [6, 6.07) is 7.80. The monoisotopic (exact) mass is 338 g/mol. The van der Waals surface area contributed by atoms with Crippen molar-refractivity contribution in [3.8, 4) is 11.3 Å². The van der Waals surface area contributed by atoms with Crippen molar-refractivity contribution in [2.24, 2.45) is 0 Å². The zero-order chi connectivity index (χ0) is 14.5. The smallest absolute Gasteiger partial charge is 0.267 e. The molecule has 0 amide bonds. The number of rotatable bonds is 1. The Kier molecular flexibility index (Phi) is 5.10. The number of aromatic nitrogens is 2. The Morgan fingerprint density at radius 3 is 2.05 bits per heavy atom. The molecule has 0 aliphatic carbocycles. The van der Waals surface area contributed by atoms with Crippen LogP contribution in [0, 0.1) is 10.4 Å². The van der Waals surface area contributed by atoms with Crippen LogP contribution < -0.4 is 11.1 Å². The van der Waals surface area contributed by atoms with Crippen molar-refractivity contribution < 1.29 is 0 Å². The highest BCUT2D eigenvalue weighted by molar-refractivity contribution is 5.85. The molecule has 22 heavy (non-hydrogen) atoms. The molecule has 0 radical (unpaired) electrons. The summed E-state index contributed by atoms with van der Waals surface area (Å²) in [5, 5.41) is 0.642. The standard InChI is InChI=1S/C16H14N2O2.2ClH/c1-16(2,3)10-6-4-9(5-7-10)13-12-11(14(19)18-13)8-17-15(12)20;;/h4-8H,1-3H3;2*1H. The Bertz CT molecular complexity index is 919. The molecule has 1 aromatic rings. The van der Waals surface area contributed by atoms with Crippen molar-refractivity contribution in [1.82, 2.24) is 9.97 Å². The molecule has 2 aliphatic heterocycles. The molecule has 0 N–H and O–H groups in total. The third kappa shape index (κ3) is 2.89. The zero-order valence-corrected chi connectivity index (χ0v) is 14.0. The molecule has 0 spiro atoms. The summed E-state index contributed by atoms with van der Waals surface area (Å²) in [7, 11) is 0. The van der Waals surface area contributed by atoms with Gasteiger partial charge in [-0.3, -0.25) is 9.59 Å². The predicted molar refractivity (Wildman–Crippen MR) is 90.9 cm³/mol. The molecule has 6 heteroatoms. The zero-order valence-electron chi connectivity index (χ0n) is 12.4. The van der Waals surface area contributed by atoms with Gasteiger partial charge in [-0.25, -0.2) is 9.97 Å². The average molecular weight is 339 g/mol. The minimum absolute atomic E-state index is 0. The van der Waals surface area contributed by atoms with Gasteiger partial charge in [0.05, 0.1) is 16.1 Å². The maximum atomic E-state index is 11.7. The maximum absolute atomic E-state index is 11.7. The van der Waals surface area contributed by atoms with E-state index in [0.717, 1.165) is 5.56 Å². The van der Waals surface area contributed by atoms with Crippen LogP contribution in [-0.4, -0.2) is 9.97 Å². The van der Waals surface area contributed by atoms with Crippen molar-refractivity contribution in [3.05, 3.63) is 67.2 Å². The van der Waals surface area contributed by atoms with E-state index in [1.807, 2.05) is 24.3 Å². The maximum Gasteiger partial charge on any atom is 0.280 e. The van der Waals surface area contributed by atoms with Crippen LogP contribution in [0.5, 0.6) is 0 Å². The summed E-state index contributed by atoms with van der Waals surface area (Å²) in [6.07, 6.45) is 1.31. The van der Waals surface area contributed by atoms with E-state index in [1.54, 1.807) is 0 Å².